The molecule has 3 rings (SSSR count). The summed E-state index contributed by atoms with van der Waals surface area (Å²) in [7, 11) is 0. The summed E-state index contributed by atoms with van der Waals surface area (Å²) in [5.74, 6) is -0.207. The second kappa shape index (κ2) is 7.45. The van der Waals surface area contributed by atoms with Crippen LogP contribution in [0.25, 0.3) is 0 Å². The lowest BCUT2D eigenvalue weighted by molar-refractivity contribution is 0.0288. The van der Waals surface area contributed by atoms with Gasteiger partial charge < -0.3 is 5.11 Å². The molecule has 0 aliphatic carbocycles. The number of nitrogens with zero attached hydrogens (tertiary/aromatic N) is 1. The van der Waals surface area contributed by atoms with E-state index < -0.39 is 0 Å². The van der Waals surface area contributed by atoms with Crippen LogP contribution in [-0.2, 0) is 13.0 Å². The van der Waals surface area contributed by atoms with E-state index in [9.17, 15) is 9.50 Å². The highest BCUT2D eigenvalue weighted by molar-refractivity contribution is 5.25. The molecule has 0 spiro atoms. The van der Waals surface area contributed by atoms with Crippen molar-refractivity contribution in [2.45, 2.75) is 32.7 Å². The number of piperidine rings is 1. The van der Waals surface area contributed by atoms with Crippen molar-refractivity contribution >= 4 is 0 Å². The maximum atomic E-state index is 13.1. The zero-order valence-electron chi connectivity index (χ0n) is 14.3. The molecule has 1 aliphatic heterocycles. The number of aliphatic hydroxyl groups is 1. The van der Waals surface area contributed by atoms with E-state index in [1.807, 2.05) is 12.1 Å². The Bertz CT molecular complexity index is 670. The van der Waals surface area contributed by atoms with Crippen LogP contribution in [0.4, 0.5) is 4.39 Å². The minimum absolute atomic E-state index is 0.126. The number of aryl methyl sites for hydroxylation is 1. The number of likely N-dealkylation sites (tertiary alicyclic amines) is 1. The normalized spacial score (nSPS) is 21.8. The summed E-state index contributed by atoms with van der Waals surface area (Å²) in [5, 5.41) is 10.1. The minimum atomic E-state index is -0.207. The van der Waals surface area contributed by atoms with Gasteiger partial charge in [-0.25, -0.2) is 4.39 Å². The Labute approximate surface area is 143 Å². The Morgan fingerprint density at radius 3 is 2.58 bits per heavy atom. The summed E-state index contributed by atoms with van der Waals surface area (Å²) in [5.41, 5.74) is 3.64. The van der Waals surface area contributed by atoms with Crippen molar-refractivity contribution in [2.24, 2.45) is 5.41 Å². The predicted octanol–water partition coefficient (Wildman–Crippen LogP) is 3.95. The molecular formula is C21H26FNO. The van der Waals surface area contributed by atoms with Crippen LogP contribution < -0.4 is 0 Å². The molecule has 1 heterocycles. The van der Waals surface area contributed by atoms with Crippen molar-refractivity contribution in [1.29, 1.82) is 0 Å². The average Bonchev–Trinajstić information content (AvgIpc) is 2.59. The third-order valence-corrected chi connectivity index (χ3v) is 5.22. The Morgan fingerprint density at radius 2 is 1.88 bits per heavy atom. The van der Waals surface area contributed by atoms with Crippen LogP contribution in [0.2, 0.25) is 0 Å². The van der Waals surface area contributed by atoms with E-state index in [4.69, 9.17) is 0 Å². The van der Waals surface area contributed by atoms with E-state index in [-0.39, 0.29) is 17.8 Å². The van der Waals surface area contributed by atoms with Gasteiger partial charge in [0.2, 0.25) is 0 Å². The largest absolute Gasteiger partial charge is 0.396 e. The van der Waals surface area contributed by atoms with E-state index in [0.29, 0.717) is 0 Å². The average molecular weight is 327 g/mol. The molecule has 0 bridgehead atoms. The van der Waals surface area contributed by atoms with Crippen LogP contribution in [0.1, 0.15) is 29.5 Å². The van der Waals surface area contributed by atoms with E-state index in [2.05, 4.69) is 36.1 Å². The van der Waals surface area contributed by atoms with E-state index in [1.54, 1.807) is 0 Å². The number of benzene rings is 2. The first-order valence-electron chi connectivity index (χ1n) is 8.72. The number of hydrogen-bond acceptors (Lipinski definition) is 2. The van der Waals surface area contributed by atoms with Gasteiger partial charge in [-0.05, 0) is 61.6 Å². The fourth-order valence-electron chi connectivity index (χ4n) is 3.84. The van der Waals surface area contributed by atoms with Crippen LogP contribution in [0.5, 0.6) is 0 Å². The summed E-state index contributed by atoms with van der Waals surface area (Å²) in [6.45, 7) is 5.21. The molecule has 0 aromatic heterocycles. The van der Waals surface area contributed by atoms with Crippen LogP contribution in [0.15, 0.2) is 48.5 Å². The maximum Gasteiger partial charge on any atom is 0.123 e. The number of rotatable bonds is 5. The highest BCUT2D eigenvalue weighted by Gasteiger charge is 2.35. The zero-order valence-corrected chi connectivity index (χ0v) is 14.3. The first-order chi connectivity index (χ1) is 11.6. The van der Waals surface area contributed by atoms with Crippen molar-refractivity contribution in [3.63, 3.8) is 0 Å². The van der Waals surface area contributed by atoms with Gasteiger partial charge in [0.15, 0.2) is 0 Å². The van der Waals surface area contributed by atoms with Gasteiger partial charge in [0, 0.05) is 18.5 Å². The third kappa shape index (κ3) is 4.03. The third-order valence-electron chi connectivity index (χ3n) is 5.22. The molecule has 2 aromatic carbocycles. The Morgan fingerprint density at radius 1 is 1.12 bits per heavy atom. The van der Waals surface area contributed by atoms with Crippen molar-refractivity contribution in [3.8, 4) is 0 Å². The zero-order chi connectivity index (χ0) is 17.0. The topological polar surface area (TPSA) is 23.5 Å². The first-order valence-corrected chi connectivity index (χ1v) is 8.72. The fraction of sp³-hybridized carbons (Fsp3) is 0.429. The van der Waals surface area contributed by atoms with E-state index in [1.165, 1.54) is 23.3 Å². The molecule has 128 valence electrons. The molecule has 1 saturated heterocycles. The quantitative estimate of drug-likeness (QED) is 0.899. The molecular weight excluding hydrogens is 301 g/mol. The van der Waals surface area contributed by atoms with Gasteiger partial charge in [0.05, 0.1) is 6.61 Å². The molecule has 1 N–H and O–H groups in total. The van der Waals surface area contributed by atoms with Gasteiger partial charge in [0.25, 0.3) is 0 Å². The summed E-state index contributed by atoms with van der Waals surface area (Å²) in [6.07, 6.45) is 2.91. The Kier molecular flexibility index (Phi) is 5.32. The van der Waals surface area contributed by atoms with Crippen molar-refractivity contribution in [2.75, 3.05) is 19.7 Å². The number of halogens is 1. The maximum absolute atomic E-state index is 13.1. The van der Waals surface area contributed by atoms with Gasteiger partial charge in [0.1, 0.15) is 5.82 Å². The molecule has 2 nitrogen and oxygen atoms in total. The summed E-state index contributed by atoms with van der Waals surface area (Å²) >= 11 is 0. The van der Waals surface area contributed by atoms with E-state index >= 15 is 0 Å². The van der Waals surface area contributed by atoms with Gasteiger partial charge in [-0.3, -0.25) is 4.90 Å². The fourth-order valence-corrected chi connectivity index (χ4v) is 3.84. The molecule has 1 aliphatic rings. The van der Waals surface area contributed by atoms with Gasteiger partial charge in [-0.15, -0.1) is 0 Å². The monoisotopic (exact) mass is 327 g/mol. The lowest BCUT2D eigenvalue weighted by Gasteiger charge is -2.42. The van der Waals surface area contributed by atoms with Gasteiger partial charge in [-0.2, -0.15) is 0 Å². The second-order valence-corrected chi connectivity index (χ2v) is 7.20. The Balaban J connectivity index is 1.72. The van der Waals surface area contributed by atoms with Crippen molar-refractivity contribution < 1.29 is 9.50 Å². The second-order valence-electron chi connectivity index (χ2n) is 7.20. The van der Waals surface area contributed by atoms with Gasteiger partial charge in [-0.1, -0.05) is 36.4 Å². The van der Waals surface area contributed by atoms with Gasteiger partial charge >= 0.3 is 0 Å². The van der Waals surface area contributed by atoms with Crippen LogP contribution in [0.3, 0.4) is 0 Å². The molecule has 0 radical (unpaired) electrons. The standard InChI is InChI=1S/C21H26FNO/c1-17-5-2-3-6-19(17)14-23-12-4-11-21(15-23,16-24)13-18-7-9-20(22)10-8-18/h2-3,5-10,24H,4,11-16H2,1H3/t21-/m0/s1. The number of hydrogen-bond donors (Lipinski definition) is 1. The molecule has 0 unspecified atom stereocenters. The lowest BCUT2D eigenvalue weighted by Crippen LogP contribution is -2.46. The van der Waals surface area contributed by atoms with Crippen molar-refractivity contribution in [1.82, 2.24) is 4.90 Å². The summed E-state index contributed by atoms with van der Waals surface area (Å²) < 4.78 is 13.1. The number of aliphatic hydroxyl groups excluding tert-OH is 1. The minimum Gasteiger partial charge on any atom is -0.396 e. The molecule has 1 atom stereocenters. The molecule has 2 aromatic rings. The molecule has 3 heteroatoms. The Hall–Kier alpha value is -1.71. The first kappa shape index (κ1) is 17.1. The summed E-state index contributed by atoms with van der Waals surface area (Å²) in [6, 6.07) is 15.2. The summed E-state index contributed by atoms with van der Waals surface area (Å²) in [4.78, 5) is 2.45. The highest BCUT2D eigenvalue weighted by Crippen LogP contribution is 2.34. The van der Waals surface area contributed by atoms with Crippen LogP contribution in [-0.4, -0.2) is 29.7 Å². The smallest absolute Gasteiger partial charge is 0.123 e. The van der Waals surface area contributed by atoms with Crippen molar-refractivity contribution in [3.05, 3.63) is 71.0 Å². The molecule has 0 amide bonds. The lowest BCUT2D eigenvalue weighted by atomic mass is 9.75. The van der Waals surface area contributed by atoms with Crippen LogP contribution >= 0.6 is 0 Å². The molecule has 24 heavy (non-hydrogen) atoms. The molecule has 0 saturated carbocycles. The predicted molar refractivity (Wildman–Crippen MR) is 95.3 cm³/mol. The van der Waals surface area contributed by atoms with E-state index in [0.717, 1.165) is 44.5 Å². The highest BCUT2D eigenvalue weighted by atomic mass is 19.1. The SMILES string of the molecule is Cc1ccccc1CN1CCC[C@](CO)(Cc2ccc(F)cc2)C1. The molecule has 1 fully saturated rings. The van der Waals surface area contributed by atoms with Crippen LogP contribution in [0, 0.1) is 18.2 Å².